The minimum absolute atomic E-state index is 0.104. The molecule has 0 aliphatic heterocycles. The van der Waals surface area contributed by atoms with E-state index in [2.05, 4.69) is 0 Å². The van der Waals surface area contributed by atoms with Crippen molar-refractivity contribution in [3.05, 3.63) is 58.1 Å². The molecule has 0 unspecified atom stereocenters. The molecule has 0 aromatic heterocycles. The summed E-state index contributed by atoms with van der Waals surface area (Å²) in [6.07, 6.45) is -4.79. The largest absolute Gasteiger partial charge is 0.423 e. The Morgan fingerprint density at radius 1 is 1.05 bits per heavy atom. The number of nitro benzene ring substituents is 1. The predicted octanol–water partition coefficient (Wildman–Crippen LogP) is 4.35. The van der Waals surface area contributed by atoms with Crippen molar-refractivity contribution in [3.63, 3.8) is 0 Å². The van der Waals surface area contributed by atoms with Crippen molar-refractivity contribution in [2.24, 2.45) is 0 Å². The fourth-order valence-electron chi connectivity index (χ4n) is 1.71. The number of nitrogens with zero attached hydrogens (tertiary/aromatic N) is 1. The van der Waals surface area contributed by atoms with Crippen molar-refractivity contribution in [1.29, 1.82) is 0 Å². The Hall–Kier alpha value is -2.22. The number of nitrogen functional groups attached to an aromatic ring is 1. The topological polar surface area (TPSA) is 69.2 Å². The second-order valence-electron chi connectivity index (χ2n) is 4.05. The number of nitrogens with two attached hydrogens (primary N) is 1. The Morgan fingerprint density at radius 2 is 1.67 bits per heavy atom. The monoisotopic (exact) mass is 314 g/mol. The highest BCUT2D eigenvalue weighted by molar-refractivity contribution is 7.99. The van der Waals surface area contributed by atoms with Crippen LogP contribution in [0.25, 0.3) is 0 Å². The van der Waals surface area contributed by atoms with Crippen molar-refractivity contribution in [2.75, 3.05) is 5.73 Å². The van der Waals surface area contributed by atoms with Crippen LogP contribution in [0.3, 0.4) is 0 Å². The van der Waals surface area contributed by atoms with Crippen LogP contribution in [0.15, 0.2) is 52.3 Å². The van der Waals surface area contributed by atoms with Crippen LogP contribution in [-0.2, 0) is 6.18 Å². The van der Waals surface area contributed by atoms with Gasteiger partial charge >= 0.3 is 6.18 Å². The molecule has 0 saturated carbocycles. The normalized spacial score (nSPS) is 11.4. The average molecular weight is 314 g/mol. The van der Waals surface area contributed by atoms with E-state index in [1.165, 1.54) is 6.07 Å². The summed E-state index contributed by atoms with van der Waals surface area (Å²) >= 11 is 0.833. The van der Waals surface area contributed by atoms with E-state index in [4.69, 9.17) is 5.73 Å². The molecule has 2 aromatic rings. The van der Waals surface area contributed by atoms with Crippen LogP contribution in [0, 0.1) is 10.1 Å². The molecular formula is C13H9F3N2O2S. The zero-order valence-electron chi connectivity index (χ0n) is 10.4. The zero-order chi connectivity index (χ0) is 15.6. The number of benzene rings is 2. The minimum atomic E-state index is -4.79. The third kappa shape index (κ3) is 3.27. The van der Waals surface area contributed by atoms with Gasteiger partial charge in [-0.15, -0.1) is 0 Å². The molecule has 2 N–H and O–H groups in total. The Morgan fingerprint density at radius 3 is 2.24 bits per heavy atom. The predicted molar refractivity (Wildman–Crippen MR) is 73.1 cm³/mol. The number of alkyl halides is 3. The van der Waals surface area contributed by atoms with E-state index in [9.17, 15) is 23.3 Å². The molecule has 2 rings (SSSR count). The number of hydrogen-bond donors (Lipinski definition) is 1. The van der Waals surface area contributed by atoms with Crippen LogP contribution in [-0.4, -0.2) is 4.92 Å². The van der Waals surface area contributed by atoms with Gasteiger partial charge in [0.15, 0.2) is 0 Å². The van der Waals surface area contributed by atoms with Crippen molar-refractivity contribution >= 4 is 23.1 Å². The van der Waals surface area contributed by atoms with Gasteiger partial charge in [-0.25, -0.2) is 0 Å². The van der Waals surface area contributed by atoms with Gasteiger partial charge < -0.3 is 5.73 Å². The van der Waals surface area contributed by atoms with E-state index in [1.807, 2.05) is 0 Å². The fraction of sp³-hybridized carbons (Fsp3) is 0.0769. The summed E-state index contributed by atoms with van der Waals surface area (Å²) in [4.78, 5) is 10.4. The summed E-state index contributed by atoms with van der Waals surface area (Å²) in [7, 11) is 0. The highest BCUT2D eigenvalue weighted by Gasteiger charge is 2.39. The van der Waals surface area contributed by atoms with E-state index in [0.717, 1.165) is 17.8 Å². The van der Waals surface area contributed by atoms with Crippen LogP contribution in [0.5, 0.6) is 0 Å². The van der Waals surface area contributed by atoms with Gasteiger partial charge in [0.05, 0.1) is 9.82 Å². The zero-order valence-corrected chi connectivity index (χ0v) is 11.2. The molecule has 0 aliphatic carbocycles. The van der Waals surface area contributed by atoms with Crippen LogP contribution in [0.1, 0.15) is 5.56 Å². The van der Waals surface area contributed by atoms with Crippen LogP contribution >= 0.6 is 11.8 Å². The van der Waals surface area contributed by atoms with E-state index in [1.54, 1.807) is 24.3 Å². The molecule has 0 atom stereocenters. The van der Waals surface area contributed by atoms with Gasteiger partial charge in [-0.05, 0) is 24.3 Å². The van der Waals surface area contributed by atoms with Gasteiger partial charge in [-0.3, -0.25) is 10.1 Å². The summed E-state index contributed by atoms with van der Waals surface area (Å²) in [6.45, 7) is 0. The molecule has 0 heterocycles. The highest BCUT2D eigenvalue weighted by atomic mass is 32.2. The first kappa shape index (κ1) is 15.2. The van der Waals surface area contributed by atoms with Crippen molar-refractivity contribution in [3.8, 4) is 0 Å². The molecule has 0 aliphatic rings. The smallest absolute Gasteiger partial charge is 0.398 e. The molecule has 0 saturated heterocycles. The maximum atomic E-state index is 12.9. The van der Waals surface area contributed by atoms with Gasteiger partial charge in [-0.2, -0.15) is 13.2 Å². The lowest BCUT2D eigenvalue weighted by Crippen LogP contribution is -2.09. The first-order chi connectivity index (χ1) is 9.80. The molecule has 4 nitrogen and oxygen atoms in total. The molecule has 110 valence electrons. The van der Waals surface area contributed by atoms with Gasteiger partial charge in [0.25, 0.3) is 5.69 Å². The third-order valence-electron chi connectivity index (χ3n) is 2.63. The van der Waals surface area contributed by atoms with Gasteiger partial charge in [0.2, 0.25) is 0 Å². The van der Waals surface area contributed by atoms with Gasteiger partial charge in [-0.1, -0.05) is 30.0 Å². The number of para-hydroxylation sites is 2. The summed E-state index contributed by atoms with van der Waals surface area (Å²) in [6, 6.07) is 9.57. The lowest BCUT2D eigenvalue weighted by Gasteiger charge is -2.11. The van der Waals surface area contributed by atoms with Crippen molar-refractivity contribution in [1.82, 2.24) is 0 Å². The average Bonchev–Trinajstić information content (AvgIpc) is 2.40. The van der Waals surface area contributed by atoms with Gasteiger partial charge in [0, 0.05) is 10.6 Å². The number of halogens is 3. The van der Waals surface area contributed by atoms with Crippen LogP contribution in [0.4, 0.5) is 24.5 Å². The summed E-state index contributed by atoms with van der Waals surface area (Å²) in [5.41, 5.74) is 3.82. The second kappa shape index (κ2) is 5.65. The van der Waals surface area contributed by atoms with Crippen molar-refractivity contribution in [2.45, 2.75) is 16.0 Å². The molecule has 0 bridgehead atoms. The van der Waals surface area contributed by atoms with Crippen molar-refractivity contribution < 1.29 is 18.1 Å². The maximum absolute atomic E-state index is 12.9. The number of anilines is 1. The SMILES string of the molecule is Nc1ccccc1Sc1cccc(C(F)(F)F)c1[N+](=O)[O-]. The molecule has 0 fully saturated rings. The standard InChI is InChI=1S/C13H9F3N2O2S/c14-13(15,16)8-4-3-7-11(12(8)18(19)20)21-10-6-2-1-5-9(10)17/h1-7H,17H2. The number of hydrogen-bond acceptors (Lipinski definition) is 4. The molecule has 2 aromatic carbocycles. The first-order valence-electron chi connectivity index (χ1n) is 5.67. The quantitative estimate of drug-likeness (QED) is 0.519. The lowest BCUT2D eigenvalue weighted by atomic mass is 10.2. The van der Waals surface area contributed by atoms with E-state index < -0.39 is 22.4 Å². The molecule has 0 radical (unpaired) electrons. The Labute approximate surface area is 121 Å². The Bertz CT molecular complexity index is 689. The highest BCUT2D eigenvalue weighted by Crippen LogP contribution is 2.44. The number of rotatable bonds is 3. The summed E-state index contributed by atoms with van der Waals surface area (Å²) in [5, 5.41) is 11.0. The van der Waals surface area contributed by atoms with Gasteiger partial charge in [0.1, 0.15) is 5.56 Å². The van der Waals surface area contributed by atoms with E-state index in [-0.39, 0.29) is 4.90 Å². The molecule has 8 heteroatoms. The molecule has 0 amide bonds. The van der Waals surface area contributed by atoms with Crippen LogP contribution in [0.2, 0.25) is 0 Å². The first-order valence-corrected chi connectivity index (χ1v) is 6.49. The Kier molecular flexibility index (Phi) is 4.08. The number of nitro groups is 1. The third-order valence-corrected chi connectivity index (χ3v) is 3.77. The second-order valence-corrected chi connectivity index (χ2v) is 5.13. The molecular weight excluding hydrogens is 305 g/mol. The summed E-state index contributed by atoms with van der Waals surface area (Å²) in [5.74, 6) is 0. The fourth-order valence-corrected chi connectivity index (χ4v) is 2.71. The molecule has 0 spiro atoms. The summed E-state index contributed by atoms with van der Waals surface area (Å²) < 4.78 is 38.6. The molecule has 21 heavy (non-hydrogen) atoms. The maximum Gasteiger partial charge on any atom is 0.423 e. The van der Waals surface area contributed by atoms with E-state index >= 15 is 0 Å². The lowest BCUT2D eigenvalue weighted by molar-refractivity contribution is -0.391. The van der Waals surface area contributed by atoms with E-state index in [0.29, 0.717) is 16.6 Å². The minimum Gasteiger partial charge on any atom is -0.398 e. The Balaban J connectivity index is 2.55. The van der Waals surface area contributed by atoms with Crippen LogP contribution < -0.4 is 5.73 Å².